The molecule has 0 bridgehead atoms. The van der Waals surface area contributed by atoms with Crippen molar-refractivity contribution in [1.29, 1.82) is 0 Å². The van der Waals surface area contributed by atoms with E-state index in [0.29, 0.717) is 16.7 Å². The third-order valence-electron chi connectivity index (χ3n) is 7.99. The van der Waals surface area contributed by atoms with E-state index in [0.717, 1.165) is 11.1 Å². The number of carbonyl (C=O) groups excluding carboxylic acids is 1. The molecule has 0 unspecified atom stereocenters. The topological polar surface area (TPSA) is 104 Å². The van der Waals surface area contributed by atoms with Crippen molar-refractivity contribution in [1.82, 2.24) is 4.31 Å². The van der Waals surface area contributed by atoms with Crippen LogP contribution in [0.2, 0.25) is 0 Å². The van der Waals surface area contributed by atoms with Gasteiger partial charge in [0.1, 0.15) is 12.0 Å². The van der Waals surface area contributed by atoms with Crippen LogP contribution < -0.4 is 0 Å². The lowest BCUT2D eigenvalue weighted by atomic mass is 9.84. The summed E-state index contributed by atoms with van der Waals surface area (Å²) in [6.45, 7) is 14.4. The molecule has 0 aromatic heterocycles. The zero-order valence-corrected chi connectivity index (χ0v) is 27.4. The van der Waals surface area contributed by atoms with Gasteiger partial charge in [0.2, 0.25) is 10.0 Å². The van der Waals surface area contributed by atoms with Crippen LogP contribution in [0.4, 0.5) is 0 Å². The van der Waals surface area contributed by atoms with E-state index < -0.39 is 46.3 Å². The highest BCUT2D eigenvalue weighted by Crippen LogP contribution is 2.35. The summed E-state index contributed by atoms with van der Waals surface area (Å²) in [6, 6.07) is 21.2. The largest absolute Gasteiger partial charge is 0.455 e. The van der Waals surface area contributed by atoms with Gasteiger partial charge in [-0.15, -0.1) is 0 Å². The fraction of sp³-hybridized carbons (Fsp3) is 0.457. The Balaban J connectivity index is 2.17. The highest BCUT2D eigenvalue weighted by atomic mass is 32.2. The van der Waals surface area contributed by atoms with Crippen LogP contribution in [0, 0.1) is 38.5 Å². The van der Waals surface area contributed by atoms with Crippen molar-refractivity contribution in [2.45, 2.75) is 91.2 Å². The maximum absolute atomic E-state index is 14.6. The number of sulfonamides is 1. The normalized spacial score (nSPS) is 15.1. The summed E-state index contributed by atoms with van der Waals surface area (Å²) in [4.78, 5) is 14.1. The van der Waals surface area contributed by atoms with Crippen LogP contribution in [0.15, 0.2) is 77.7 Å². The van der Waals surface area contributed by atoms with E-state index in [1.807, 2.05) is 55.5 Å². The van der Waals surface area contributed by atoms with Crippen LogP contribution in [0.1, 0.15) is 68.5 Å². The molecular formula is C35H47NO6S. The Morgan fingerprint density at radius 2 is 1.26 bits per heavy atom. The molecule has 43 heavy (non-hydrogen) atoms. The summed E-state index contributed by atoms with van der Waals surface area (Å²) in [5, 5.41) is 22.0. The maximum atomic E-state index is 14.6. The van der Waals surface area contributed by atoms with Crippen LogP contribution in [0.25, 0.3) is 0 Å². The quantitative estimate of drug-likeness (QED) is 0.226. The number of aryl methyl sites for hydroxylation is 3. The molecule has 0 aliphatic heterocycles. The van der Waals surface area contributed by atoms with E-state index in [-0.39, 0.29) is 23.3 Å². The van der Waals surface area contributed by atoms with Gasteiger partial charge in [0.05, 0.1) is 23.1 Å². The molecule has 3 aromatic rings. The van der Waals surface area contributed by atoms with Crippen molar-refractivity contribution < 1.29 is 28.2 Å². The van der Waals surface area contributed by atoms with E-state index in [1.165, 1.54) is 4.31 Å². The van der Waals surface area contributed by atoms with Crippen molar-refractivity contribution >= 4 is 16.0 Å². The Kier molecular flexibility index (Phi) is 11.7. The minimum Gasteiger partial charge on any atom is -0.455 e. The Bertz CT molecular complexity index is 1420. The van der Waals surface area contributed by atoms with Crippen LogP contribution in [0.3, 0.4) is 0 Å². The standard InChI is InChI=1S/C35H47NO6S/c1-22(2)31(37)30(32(38)23(3)4)35(39)42-33(29-17-13-10-14-18-29)27(8)36(21-28-15-11-9-12-16-28)43(40,41)34-25(6)19-24(5)20-26(34)7/h9-20,22-23,27,30-33,37-38H,21H2,1-8H3/t27-,31-,32-,33-/m0/s1. The summed E-state index contributed by atoms with van der Waals surface area (Å²) in [6.07, 6.45) is -3.34. The van der Waals surface area contributed by atoms with Gasteiger partial charge in [-0.05, 0) is 61.8 Å². The number of hydrogen-bond acceptors (Lipinski definition) is 6. The Hall–Kier alpha value is -3.04. The number of rotatable bonds is 13. The van der Waals surface area contributed by atoms with Gasteiger partial charge in [-0.2, -0.15) is 4.31 Å². The van der Waals surface area contributed by atoms with Gasteiger partial charge in [0, 0.05) is 6.54 Å². The third kappa shape index (κ3) is 8.12. The second kappa shape index (κ2) is 14.6. The van der Waals surface area contributed by atoms with E-state index >= 15 is 0 Å². The zero-order valence-electron chi connectivity index (χ0n) is 26.6. The van der Waals surface area contributed by atoms with Gasteiger partial charge < -0.3 is 14.9 Å². The third-order valence-corrected chi connectivity index (χ3v) is 10.2. The first-order valence-electron chi connectivity index (χ1n) is 14.9. The van der Waals surface area contributed by atoms with E-state index in [4.69, 9.17) is 4.74 Å². The average molecular weight is 610 g/mol. The molecule has 0 saturated carbocycles. The molecule has 2 N–H and O–H groups in total. The summed E-state index contributed by atoms with van der Waals surface area (Å²) < 4.78 is 36.7. The van der Waals surface area contributed by atoms with E-state index in [9.17, 15) is 23.4 Å². The molecule has 0 saturated heterocycles. The number of benzene rings is 3. The summed E-state index contributed by atoms with van der Waals surface area (Å²) >= 11 is 0. The minimum absolute atomic E-state index is 0.0463. The molecule has 3 rings (SSSR count). The van der Waals surface area contributed by atoms with Gasteiger partial charge in [-0.25, -0.2) is 8.42 Å². The lowest BCUT2D eigenvalue weighted by molar-refractivity contribution is -0.170. The number of carbonyl (C=O) groups is 1. The number of aliphatic hydroxyl groups excluding tert-OH is 2. The van der Waals surface area contributed by atoms with Crippen molar-refractivity contribution in [2.24, 2.45) is 17.8 Å². The molecule has 3 aromatic carbocycles. The van der Waals surface area contributed by atoms with Gasteiger partial charge in [0.15, 0.2) is 0 Å². The predicted octanol–water partition coefficient (Wildman–Crippen LogP) is 6.13. The summed E-state index contributed by atoms with van der Waals surface area (Å²) in [5.74, 6) is -2.62. The highest BCUT2D eigenvalue weighted by Gasteiger charge is 2.42. The number of aliphatic hydroxyl groups is 2. The molecule has 7 nitrogen and oxygen atoms in total. The summed E-state index contributed by atoms with van der Waals surface area (Å²) in [7, 11) is -4.10. The average Bonchev–Trinajstić information content (AvgIpc) is 2.94. The van der Waals surface area contributed by atoms with Crippen LogP contribution in [-0.4, -0.2) is 47.2 Å². The van der Waals surface area contributed by atoms with Gasteiger partial charge in [-0.1, -0.05) is 106 Å². The molecule has 0 amide bonds. The Morgan fingerprint density at radius 3 is 1.72 bits per heavy atom. The van der Waals surface area contributed by atoms with Gasteiger partial charge in [-0.3, -0.25) is 4.79 Å². The second-order valence-electron chi connectivity index (χ2n) is 12.3. The first-order chi connectivity index (χ1) is 20.2. The fourth-order valence-corrected chi connectivity index (χ4v) is 7.69. The number of hydrogen-bond donors (Lipinski definition) is 2. The van der Waals surface area contributed by atoms with Crippen molar-refractivity contribution in [2.75, 3.05) is 0 Å². The van der Waals surface area contributed by atoms with Crippen LogP contribution >= 0.6 is 0 Å². The SMILES string of the molecule is Cc1cc(C)c(S(=O)(=O)N(Cc2ccccc2)[C@@H](C)[C@H](OC(=O)C([C@@H](O)C(C)C)[C@@H](O)C(C)C)c2ccccc2)c(C)c1. The first kappa shape index (κ1) is 34.5. The molecular weight excluding hydrogens is 562 g/mol. The number of ether oxygens (including phenoxy) is 1. The monoisotopic (exact) mass is 609 g/mol. The minimum atomic E-state index is -4.10. The lowest BCUT2D eigenvalue weighted by Crippen LogP contribution is -2.47. The highest BCUT2D eigenvalue weighted by molar-refractivity contribution is 7.89. The molecule has 8 heteroatoms. The molecule has 0 aliphatic carbocycles. The molecule has 234 valence electrons. The predicted molar refractivity (Wildman–Crippen MR) is 170 cm³/mol. The van der Waals surface area contributed by atoms with Crippen LogP contribution in [-0.2, 0) is 26.1 Å². The molecule has 0 heterocycles. The number of esters is 1. The van der Waals surface area contributed by atoms with Gasteiger partial charge >= 0.3 is 5.97 Å². The van der Waals surface area contributed by atoms with Crippen molar-refractivity contribution in [3.05, 3.63) is 101 Å². The first-order valence-corrected chi connectivity index (χ1v) is 16.4. The maximum Gasteiger partial charge on any atom is 0.314 e. The fourth-order valence-electron chi connectivity index (χ4n) is 5.65. The lowest BCUT2D eigenvalue weighted by Gasteiger charge is -2.37. The smallest absolute Gasteiger partial charge is 0.314 e. The Morgan fingerprint density at radius 1 is 0.791 bits per heavy atom. The number of nitrogens with zero attached hydrogens (tertiary/aromatic N) is 1. The molecule has 0 fully saturated rings. The van der Waals surface area contributed by atoms with Crippen molar-refractivity contribution in [3.63, 3.8) is 0 Å². The zero-order chi connectivity index (χ0) is 32.1. The molecule has 0 spiro atoms. The van der Waals surface area contributed by atoms with Gasteiger partial charge in [0.25, 0.3) is 0 Å². The molecule has 0 aliphatic rings. The Labute approximate surface area is 257 Å². The van der Waals surface area contributed by atoms with Crippen LogP contribution in [0.5, 0.6) is 0 Å². The molecule has 4 atom stereocenters. The summed E-state index contributed by atoms with van der Waals surface area (Å²) in [5.41, 5.74) is 3.62. The second-order valence-corrected chi connectivity index (χ2v) is 14.1. The molecule has 0 radical (unpaired) electrons. The van der Waals surface area contributed by atoms with E-state index in [2.05, 4.69) is 0 Å². The van der Waals surface area contributed by atoms with E-state index in [1.54, 1.807) is 72.7 Å². The van der Waals surface area contributed by atoms with Crippen molar-refractivity contribution in [3.8, 4) is 0 Å².